The fourth-order valence-electron chi connectivity index (χ4n) is 1.90. The summed E-state index contributed by atoms with van der Waals surface area (Å²) >= 11 is 0. The molecule has 0 amide bonds. The van der Waals surface area contributed by atoms with Crippen molar-refractivity contribution in [3.05, 3.63) is 35.1 Å². The quantitative estimate of drug-likeness (QED) is 0.662. The monoisotopic (exact) mass is 234 g/mol. The normalized spacial score (nSPS) is 12.2. The van der Waals surface area contributed by atoms with Crippen LogP contribution in [0.4, 0.5) is 17.6 Å². The molecule has 0 aliphatic heterocycles. The first-order valence-corrected chi connectivity index (χ1v) is 5.27. The zero-order valence-corrected chi connectivity index (χ0v) is 9.24. The fraction of sp³-hybridized carbons (Fsp3) is 0.500. The fourth-order valence-corrected chi connectivity index (χ4v) is 1.90. The van der Waals surface area contributed by atoms with Crippen LogP contribution in [-0.2, 0) is 6.18 Å². The SMILES string of the molecule is CCC(CC)c1c(F)cccc1C(F)(F)F. The lowest BCUT2D eigenvalue weighted by atomic mass is 9.89. The molecule has 0 atom stereocenters. The summed E-state index contributed by atoms with van der Waals surface area (Å²) in [5.41, 5.74) is -1.04. The van der Waals surface area contributed by atoms with Crippen LogP contribution in [0.3, 0.4) is 0 Å². The van der Waals surface area contributed by atoms with Crippen molar-refractivity contribution in [1.29, 1.82) is 0 Å². The van der Waals surface area contributed by atoms with Crippen LogP contribution >= 0.6 is 0 Å². The molecule has 0 radical (unpaired) electrons. The Morgan fingerprint density at radius 3 is 2.12 bits per heavy atom. The third-order valence-electron chi connectivity index (χ3n) is 2.75. The van der Waals surface area contributed by atoms with Crippen LogP contribution in [0.15, 0.2) is 18.2 Å². The van der Waals surface area contributed by atoms with Crippen molar-refractivity contribution in [2.75, 3.05) is 0 Å². The average molecular weight is 234 g/mol. The van der Waals surface area contributed by atoms with Gasteiger partial charge in [-0.2, -0.15) is 13.2 Å². The summed E-state index contributed by atoms with van der Waals surface area (Å²) in [6.07, 6.45) is -3.49. The minimum Gasteiger partial charge on any atom is -0.207 e. The van der Waals surface area contributed by atoms with E-state index in [9.17, 15) is 17.6 Å². The summed E-state index contributed by atoms with van der Waals surface area (Å²) in [5, 5.41) is 0. The molecule has 0 nitrogen and oxygen atoms in total. The van der Waals surface area contributed by atoms with Gasteiger partial charge in [0.25, 0.3) is 0 Å². The third kappa shape index (κ3) is 2.54. The van der Waals surface area contributed by atoms with Gasteiger partial charge in [0.15, 0.2) is 0 Å². The minimum absolute atomic E-state index is 0.194. The number of hydrogen-bond donors (Lipinski definition) is 0. The molecule has 1 rings (SSSR count). The second-order valence-corrected chi connectivity index (χ2v) is 3.71. The Morgan fingerprint density at radius 2 is 1.69 bits per heavy atom. The molecule has 0 saturated carbocycles. The van der Waals surface area contributed by atoms with E-state index in [-0.39, 0.29) is 11.5 Å². The molecule has 1 aromatic carbocycles. The second kappa shape index (κ2) is 4.85. The van der Waals surface area contributed by atoms with Crippen molar-refractivity contribution in [2.45, 2.75) is 38.8 Å². The molecule has 1 aromatic rings. The van der Waals surface area contributed by atoms with Crippen molar-refractivity contribution in [3.63, 3.8) is 0 Å². The smallest absolute Gasteiger partial charge is 0.207 e. The van der Waals surface area contributed by atoms with Crippen LogP contribution in [-0.4, -0.2) is 0 Å². The number of benzene rings is 1. The number of rotatable bonds is 3. The predicted octanol–water partition coefficient (Wildman–Crippen LogP) is 4.75. The molecule has 0 heterocycles. The lowest BCUT2D eigenvalue weighted by Gasteiger charge is -2.19. The summed E-state index contributed by atoms with van der Waals surface area (Å²) in [6, 6.07) is 3.13. The van der Waals surface area contributed by atoms with Gasteiger partial charge in [-0.15, -0.1) is 0 Å². The molecule has 0 saturated heterocycles. The summed E-state index contributed by atoms with van der Waals surface area (Å²) in [6.45, 7) is 3.53. The first kappa shape index (κ1) is 13.0. The van der Waals surface area contributed by atoms with Gasteiger partial charge in [0.05, 0.1) is 5.56 Å². The molecule has 0 unspecified atom stereocenters. The zero-order valence-electron chi connectivity index (χ0n) is 9.24. The van der Waals surface area contributed by atoms with Gasteiger partial charge in [-0.1, -0.05) is 19.9 Å². The van der Waals surface area contributed by atoms with Gasteiger partial charge >= 0.3 is 6.18 Å². The Bertz CT molecular complexity index is 351. The Kier molecular flexibility index (Phi) is 3.94. The van der Waals surface area contributed by atoms with Gasteiger partial charge < -0.3 is 0 Å². The average Bonchev–Trinajstić information content (AvgIpc) is 2.20. The van der Waals surface area contributed by atoms with Crippen LogP contribution in [0.25, 0.3) is 0 Å². The molecule has 0 aliphatic carbocycles. The molecule has 0 N–H and O–H groups in total. The summed E-state index contributed by atoms with van der Waals surface area (Å²) < 4.78 is 51.6. The van der Waals surface area contributed by atoms with E-state index < -0.39 is 17.6 Å². The molecule has 0 aromatic heterocycles. The predicted molar refractivity (Wildman–Crippen MR) is 54.7 cm³/mol. The van der Waals surface area contributed by atoms with Crippen molar-refractivity contribution in [3.8, 4) is 0 Å². The largest absolute Gasteiger partial charge is 0.416 e. The molecule has 0 spiro atoms. The van der Waals surface area contributed by atoms with Crippen LogP contribution in [0, 0.1) is 5.82 Å². The van der Waals surface area contributed by atoms with Crippen LogP contribution < -0.4 is 0 Å². The first-order chi connectivity index (χ1) is 7.41. The lowest BCUT2D eigenvalue weighted by Crippen LogP contribution is -2.13. The number of hydrogen-bond acceptors (Lipinski definition) is 0. The maximum absolute atomic E-state index is 13.5. The van der Waals surface area contributed by atoms with Gasteiger partial charge in [0.1, 0.15) is 5.82 Å². The summed E-state index contributed by atoms with van der Waals surface area (Å²) in [7, 11) is 0. The summed E-state index contributed by atoms with van der Waals surface area (Å²) in [4.78, 5) is 0. The van der Waals surface area contributed by atoms with E-state index in [1.54, 1.807) is 13.8 Å². The maximum atomic E-state index is 13.5. The highest BCUT2D eigenvalue weighted by Gasteiger charge is 2.35. The third-order valence-corrected chi connectivity index (χ3v) is 2.75. The number of halogens is 4. The molecule has 4 heteroatoms. The topological polar surface area (TPSA) is 0 Å². The molecule has 16 heavy (non-hydrogen) atoms. The maximum Gasteiger partial charge on any atom is 0.416 e. The molecule has 90 valence electrons. The molecular formula is C12H14F4. The zero-order chi connectivity index (χ0) is 12.3. The van der Waals surface area contributed by atoms with Gasteiger partial charge in [-0.3, -0.25) is 0 Å². The Hall–Kier alpha value is -1.06. The van der Waals surface area contributed by atoms with E-state index in [0.717, 1.165) is 18.2 Å². The second-order valence-electron chi connectivity index (χ2n) is 3.71. The van der Waals surface area contributed by atoms with Gasteiger partial charge in [0, 0.05) is 5.56 Å². The standard InChI is InChI=1S/C12H14F4/c1-3-8(4-2)11-9(12(14,15)16)6-5-7-10(11)13/h5-8H,3-4H2,1-2H3. The van der Waals surface area contributed by atoms with Gasteiger partial charge in [-0.25, -0.2) is 4.39 Å². The molecule has 0 bridgehead atoms. The van der Waals surface area contributed by atoms with E-state index in [0.29, 0.717) is 12.8 Å². The molecule has 0 aliphatic rings. The van der Waals surface area contributed by atoms with Crippen LogP contribution in [0.1, 0.15) is 43.7 Å². The molecular weight excluding hydrogens is 220 g/mol. The highest BCUT2D eigenvalue weighted by Crippen LogP contribution is 2.38. The van der Waals surface area contributed by atoms with Crippen molar-refractivity contribution in [2.24, 2.45) is 0 Å². The van der Waals surface area contributed by atoms with E-state index in [1.807, 2.05) is 0 Å². The van der Waals surface area contributed by atoms with E-state index >= 15 is 0 Å². The van der Waals surface area contributed by atoms with Crippen molar-refractivity contribution < 1.29 is 17.6 Å². The van der Waals surface area contributed by atoms with Gasteiger partial charge in [0.2, 0.25) is 0 Å². The highest BCUT2D eigenvalue weighted by molar-refractivity contribution is 5.34. The Balaban J connectivity index is 3.34. The van der Waals surface area contributed by atoms with E-state index in [2.05, 4.69) is 0 Å². The van der Waals surface area contributed by atoms with E-state index in [1.165, 1.54) is 0 Å². The van der Waals surface area contributed by atoms with Crippen molar-refractivity contribution in [1.82, 2.24) is 0 Å². The Labute approximate surface area is 92.3 Å². The minimum atomic E-state index is -4.49. The van der Waals surface area contributed by atoms with Gasteiger partial charge in [-0.05, 0) is 30.9 Å². The van der Waals surface area contributed by atoms with Crippen molar-refractivity contribution >= 4 is 0 Å². The Morgan fingerprint density at radius 1 is 1.12 bits per heavy atom. The lowest BCUT2D eigenvalue weighted by molar-refractivity contribution is -0.138. The highest BCUT2D eigenvalue weighted by atomic mass is 19.4. The first-order valence-electron chi connectivity index (χ1n) is 5.27. The van der Waals surface area contributed by atoms with E-state index in [4.69, 9.17) is 0 Å². The summed E-state index contributed by atoms with van der Waals surface area (Å²) in [5.74, 6) is -1.14. The van der Waals surface area contributed by atoms with Crippen LogP contribution in [0.2, 0.25) is 0 Å². The molecule has 0 fully saturated rings. The van der Waals surface area contributed by atoms with Crippen LogP contribution in [0.5, 0.6) is 0 Å². The number of alkyl halides is 3.